The van der Waals surface area contributed by atoms with Crippen molar-refractivity contribution in [1.29, 1.82) is 0 Å². The predicted octanol–water partition coefficient (Wildman–Crippen LogP) is 1.18. The van der Waals surface area contributed by atoms with Crippen LogP contribution in [0.15, 0.2) is 17.2 Å². The molecule has 2 N–H and O–H groups in total. The second-order valence-corrected chi connectivity index (χ2v) is 7.27. The largest absolute Gasteiger partial charge is 0.477 e. The zero-order valence-corrected chi connectivity index (χ0v) is 13.2. The van der Waals surface area contributed by atoms with Gasteiger partial charge in [-0.05, 0) is 32.8 Å². The minimum Gasteiger partial charge on any atom is -0.477 e. The molecular weight excluding hydrogens is 294 g/mol. The number of aromatic nitrogens is 1. The molecule has 2 rings (SSSR count). The summed E-state index contributed by atoms with van der Waals surface area (Å²) in [6.45, 7) is 3.96. The van der Waals surface area contributed by atoms with Gasteiger partial charge in [0.15, 0.2) is 0 Å². The van der Waals surface area contributed by atoms with E-state index in [0.29, 0.717) is 0 Å². The van der Waals surface area contributed by atoms with Gasteiger partial charge in [-0.3, -0.25) is 0 Å². The third-order valence-corrected chi connectivity index (χ3v) is 5.22. The number of hydrogen-bond acceptors (Lipinski definition) is 4. The Kier molecular flexibility index (Phi) is 4.40. The number of aromatic carboxylic acids is 1. The molecule has 7 nitrogen and oxygen atoms in total. The maximum absolute atomic E-state index is 12.4. The average Bonchev–Trinajstić information content (AvgIpc) is 2.77. The van der Waals surface area contributed by atoms with Gasteiger partial charge in [0.25, 0.3) is 10.0 Å². The van der Waals surface area contributed by atoms with E-state index in [1.54, 1.807) is 5.01 Å². The molecule has 0 bridgehead atoms. The summed E-state index contributed by atoms with van der Waals surface area (Å²) in [5, 5.41) is 10.7. The number of carboxylic acid groups (broad SMARTS) is 1. The van der Waals surface area contributed by atoms with Gasteiger partial charge in [-0.2, -0.15) is 0 Å². The second-order valence-electron chi connectivity index (χ2n) is 5.61. The number of hydrazine groups is 1. The highest BCUT2D eigenvalue weighted by molar-refractivity contribution is 7.89. The van der Waals surface area contributed by atoms with Crippen LogP contribution < -0.4 is 4.83 Å². The zero-order valence-electron chi connectivity index (χ0n) is 12.4. The Balaban J connectivity index is 2.26. The first-order valence-electron chi connectivity index (χ1n) is 6.93. The van der Waals surface area contributed by atoms with Crippen LogP contribution >= 0.6 is 0 Å². The average molecular weight is 315 g/mol. The SMILES string of the molecule is CC1CCCC(C)N1NS(=O)(=O)c1cc(C(=O)O)n(C)c1. The summed E-state index contributed by atoms with van der Waals surface area (Å²) in [5.74, 6) is -1.15. The lowest BCUT2D eigenvalue weighted by Gasteiger charge is -2.38. The maximum Gasteiger partial charge on any atom is 0.352 e. The van der Waals surface area contributed by atoms with Crippen molar-refractivity contribution < 1.29 is 18.3 Å². The lowest BCUT2D eigenvalue weighted by Crippen LogP contribution is -2.53. The van der Waals surface area contributed by atoms with Crippen molar-refractivity contribution in [2.45, 2.75) is 50.1 Å². The van der Waals surface area contributed by atoms with Crippen LogP contribution in [0.4, 0.5) is 0 Å². The highest BCUT2D eigenvalue weighted by atomic mass is 32.2. The molecule has 1 aromatic rings. The van der Waals surface area contributed by atoms with E-state index in [-0.39, 0.29) is 22.7 Å². The van der Waals surface area contributed by atoms with Crippen LogP contribution in [0, 0.1) is 0 Å². The molecule has 0 radical (unpaired) electrons. The van der Waals surface area contributed by atoms with E-state index in [1.807, 2.05) is 13.8 Å². The van der Waals surface area contributed by atoms with Crippen molar-refractivity contribution >= 4 is 16.0 Å². The monoisotopic (exact) mass is 315 g/mol. The Morgan fingerprint density at radius 1 is 1.33 bits per heavy atom. The van der Waals surface area contributed by atoms with Crippen LogP contribution in [0.25, 0.3) is 0 Å². The number of sulfonamides is 1. The molecule has 1 fully saturated rings. The smallest absolute Gasteiger partial charge is 0.352 e. The zero-order chi connectivity index (χ0) is 15.8. The third-order valence-electron chi connectivity index (χ3n) is 3.93. The molecule has 0 aromatic carbocycles. The first kappa shape index (κ1) is 16.0. The minimum atomic E-state index is -3.77. The molecule has 2 heterocycles. The van der Waals surface area contributed by atoms with Crippen LogP contribution in [-0.4, -0.2) is 41.2 Å². The molecule has 1 saturated heterocycles. The summed E-state index contributed by atoms with van der Waals surface area (Å²) in [6.07, 6.45) is 4.25. The summed E-state index contributed by atoms with van der Waals surface area (Å²) < 4.78 is 26.1. The Morgan fingerprint density at radius 3 is 2.38 bits per heavy atom. The van der Waals surface area contributed by atoms with Crippen molar-refractivity contribution in [3.05, 3.63) is 18.0 Å². The van der Waals surface area contributed by atoms with Crippen molar-refractivity contribution in [3.63, 3.8) is 0 Å². The first-order valence-corrected chi connectivity index (χ1v) is 8.41. The predicted molar refractivity (Wildman–Crippen MR) is 77.3 cm³/mol. The maximum atomic E-state index is 12.4. The normalized spacial score (nSPS) is 24.1. The van der Waals surface area contributed by atoms with Gasteiger partial charge in [0.1, 0.15) is 10.6 Å². The molecular formula is C13H21N3O4S. The highest BCUT2D eigenvalue weighted by Crippen LogP contribution is 2.22. The van der Waals surface area contributed by atoms with E-state index in [9.17, 15) is 13.2 Å². The van der Waals surface area contributed by atoms with Gasteiger partial charge in [-0.25, -0.2) is 18.2 Å². The number of nitrogens with one attached hydrogen (secondary N) is 1. The number of nitrogens with zero attached hydrogens (tertiary/aromatic N) is 2. The van der Waals surface area contributed by atoms with E-state index >= 15 is 0 Å². The molecule has 1 aromatic heterocycles. The second kappa shape index (κ2) is 5.78. The molecule has 1 aliphatic heterocycles. The van der Waals surface area contributed by atoms with Gasteiger partial charge in [-0.15, -0.1) is 4.83 Å². The minimum absolute atomic E-state index is 0.0348. The molecule has 8 heteroatoms. The van der Waals surface area contributed by atoms with Gasteiger partial charge in [0, 0.05) is 25.3 Å². The first-order chi connectivity index (χ1) is 9.72. The molecule has 1 aliphatic rings. The Bertz CT molecular complexity index is 628. The summed E-state index contributed by atoms with van der Waals surface area (Å²) in [7, 11) is -2.26. The molecule has 2 atom stereocenters. The van der Waals surface area contributed by atoms with Crippen molar-refractivity contribution in [2.24, 2.45) is 7.05 Å². The van der Waals surface area contributed by atoms with E-state index in [1.165, 1.54) is 23.9 Å². The Morgan fingerprint density at radius 2 is 1.90 bits per heavy atom. The van der Waals surface area contributed by atoms with Crippen LogP contribution in [-0.2, 0) is 17.1 Å². The standard InChI is InChI=1S/C13H21N3O4S/c1-9-5-4-6-10(2)16(9)14-21(19,20)11-7-12(13(17)18)15(3)8-11/h7-10,14H,4-6H2,1-3H3,(H,17,18). The third kappa shape index (κ3) is 3.28. The van der Waals surface area contributed by atoms with Gasteiger partial charge in [0.2, 0.25) is 0 Å². The summed E-state index contributed by atoms with van der Waals surface area (Å²) in [4.78, 5) is 13.6. The van der Waals surface area contributed by atoms with Gasteiger partial charge >= 0.3 is 5.97 Å². The number of rotatable bonds is 4. The van der Waals surface area contributed by atoms with Crippen LogP contribution in [0.1, 0.15) is 43.6 Å². The fraction of sp³-hybridized carbons (Fsp3) is 0.615. The number of hydrogen-bond donors (Lipinski definition) is 2. The van der Waals surface area contributed by atoms with E-state index in [0.717, 1.165) is 19.3 Å². The van der Waals surface area contributed by atoms with Crippen molar-refractivity contribution in [1.82, 2.24) is 14.4 Å². The topological polar surface area (TPSA) is 91.6 Å². The molecule has 0 aliphatic carbocycles. The molecule has 0 saturated carbocycles. The number of piperidine rings is 1. The van der Waals surface area contributed by atoms with E-state index in [2.05, 4.69) is 4.83 Å². The molecule has 118 valence electrons. The van der Waals surface area contributed by atoms with E-state index in [4.69, 9.17) is 5.11 Å². The van der Waals surface area contributed by atoms with Crippen LogP contribution in [0.5, 0.6) is 0 Å². The van der Waals surface area contributed by atoms with Gasteiger partial charge < -0.3 is 9.67 Å². The van der Waals surface area contributed by atoms with Gasteiger partial charge in [-0.1, -0.05) is 6.42 Å². The molecule has 21 heavy (non-hydrogen) atoms. The number of aryl methyl sites for hydroxylation is 1. The van der Waals surface area contributed by atoms with Gasteiger partial charge in [0.05, 0.1) is 0 Å². The summed E-state index contributed by atoms with van der Waals surface area (Å²) >= 11 is 0. The molecule has 0 amide bonds. The number of carboxylic acids is 1. The van der Waals surface area contributed by atoms with E-state index < -0.39 is 16.0 Å². The Hall–Kier alpha value is -1.38. The quantitative estimate of drug-likeness (QED) is 0.870. The highest BCUT2D eigenvalue weighted by Gasteiger charge is 2.30. The molecule has 2 unspecified atom stereocenters. The lowest BCUT2D eigenvalue weighted by molar-refractivity contribution is 0.0686. The fourth-order valence-electron chi connectivity index (χ4n) is 2.69. The van der Waals surface area contributed by atoms with Crippen LogP contribution in [0.3, 0.4) is 0 Å². The summed E-state index contributed by atoms with van der Waals surface area (Å²) in [5.41, 5.74) is -0.0601. The Labute approximate surface area is 124 Å². The van der Waals surface area contributed by atoms with Crippen molar-refractivity contribution in [3.8, 4) is 0 Å². The lowest BCUT2D eigenvalue weighted by atomic mass is 10.0. The van der Waals surface area contributed by atoms with Crippen molar-refractivity contribution in [2.75, 3.05) is 0 Å². The van der Waals surface area contributed by atoms with Crippen LogP contribution in [0.2, 0.25) is 0 Å². The number of carbonyl (C=O) groups is 1. The fourth-order valence-corrected chi connectivity index (χ4v) is 3.99. The molecule has 0 spiro atoms. The summed E-state index contributed by atoms with van der Waals surface area (Å²) in [6, 6.07) is 1.40.